The smallest absolute Gasteiger partial charge is 0.268 e. The van der Waals surface area contributed by atoms with Gasteiger partial charge < -0.3 is 10.6 Å². The molecule has 1 rings (SSSR count). The molecule has 1 aromatic rings. The van der Waals surface area contributed by atoms with E-state index >= 15 is 0 Å². The Morgan fingerprint density at radius 3 is 2.16 bits per heavy atom. The molecule has 0 saturated heterocycles. The predicted molar refractivity (Wildman–Crippen MR) is 77.3 cm³/mol. The molecule has 6 heteroatoms. The van der Waals surface area contributed by atoms with Crippen LogP contribution in [0.25, 0.3) is 0 Å². The summed E-state index contributed by atoms with van der Waals surface area (Å²) in [5.41, 5.74) is 2.60. The Hall–Kier alpha value is -1.52. The lowest BCUT2D eigenvalue weighted by molar-refractivity contribution is -0.117. The highest BCUT2D eigenvalue weighted by Crippen LogP contribution is 2.20. The minimum Gasteiger partial charge on any atom is -0.354 e. The maximum Gasteiger partial charge on any atom is 0.268 e. The molecule has 1 aromatic carbocycles. The summed E-state index contributed by atoms with van der Waals surface area (Å²) in [7, 11) is 1.40. The molecule has 0 radical (unpaired) electrons. The Bertz CT molecular complexity index is 554. The van der Waals surface area contributed by atoms with Gasteiger partial charge >= 0.3 is 0 Å². The van der Waals surface area contributed by atoms with Crippen molar-refractivity contribution in [2.24, 2.45) is 0 Å². The van der Waals surface area contributed by atoms with Crippen LogP contribution in [0.1, 0.15) is 11.1 Å². The monoisotopic (exact) mass is 300 g/mol. The molecule has 0 unspecified atom stereocenters. The summed E-state index contributed by atoms with van der Waals surface area (Å²) in [5.74, 6) is -1.23. The zero-order valence-corrected chi connectivity index (χ0v) is 12.3. The van der Waals surface area contributed by atoms with Crippen molar-refractivity contribution in [1.82, 2.24) is 5.32 Å². The third kappa shape index (κ3) is 3.98. The van der Waals surface area contributed by atoms with Crippen molar-refractivity contribution in [1.29, 1.82) is 0 Å². The minimum atomic E-state index is -0.623. The number of anilines is 1. The van der Waals surface area contributed by atoms with E-state index in [-0.39, 0.29) is 10.1 Å². The molecule has 0 aliphatic carbocycles. The van der Waals surface area contributed by atoms with E-state index in [1.165, 1.54) is 7.05 Å². The number of carbonyl (C=O) groups excluding carboxylic acids is 2. The molecule has 2 N–H and O–H groups in total. The fraction of sp³-hybridized carbons (Fsp3) is 0.231. The van der Waals surface area contributed by atoms with E-state index in [0.29, 0.717) is 5.69 Å². The molecule has 2 amide bonds. The van der Waals surface area contributed by atoms with Crippen LogP contribution in [0.4, 0.5) is 5.69 Å². The predicted octanol–water partition coefficient (Wildman–Crippen LogP) is 2.68. The fourth-order valence-electron chi connectivity index (χ4n) is 1.44. The van der Waals surface area contributed by atoms with E-state index in [4.69, 9.17) is 23.2 Å². The first kappa shape index (κ1) is 15.5. The van der Waals surface area contributed by atoms with Gasteiger partial charge in [0.15, 0.2) is 0 Å². The van der Waals surface area contributed by atoms with Crippen molar-refractivity contribution in [3.63, 3.8) is 0 Å². The van der Waals surface area contributed by atoms with Gasteiger partial charge in [0.25, 0.3) is 11.8 Å². The van der Waals surface area contributed by atoms with Crippen molar-refractivity contribution in [2.45, 2.75) is 13.8 Å². The number of nitrogens with one attached hydrogen (secondary N) is 2. The fourth-order valence-corrected chi connectivity index (χ4v) is 1.75. The van der Waals surface area contributed by atoms with E-state index in [2.05, 4.69) is 10.6 Å². The van der Waals surface area contributed by atoms with Crippen molar-refractivity contribution < 1.29 is 9.59 Å². The van der Waals surface area contributed by atoms with Gasteiger partial charge in [-0.15, -0.1) is 0 Å². The van der Waals surface area contributed by atoms with Crippen LogP contribution in [-0.4, -0.2) is 18.9 Å². The van der Waals surface area contributed by atoms with E-state index in [0.717, 1.165) is 11.1 Å². The number of halogens is 2. The summed E-state index contributed by atoms with van der Waals surface area (Å²) in [6.45, 7) is 3.81. The zero-order valence-electron chi connectivity index (χ0n) is 10.8. The summed E-state index contributed by atoms with van der Waals surface area (Å²) in [5, 5.41) is 4.21. The number of hydrogen-bond donors (Lipinski definition) is 2. The van der Waals surface area contributed by atoms with E-state index in [9.17, 15) is 9.59 Å². The maximum absolute atomic E-state index is 11.8. The number of hydrogen-bond acceptors (Lipinski definition) is 2. The summed E-state index contributed by atoms with van der Waals surface area (Å²) < 4.78 is 0. The highest BCUT2D eigenvalue weighted by atomic mass is 35.5. The number of aryl methyl sites for hydroxylation is 2. The highest BCUT2D eigenvalue weighted by Gasteiger charge is 2.17. The quantitative estimate of drug-likeness (QED) is 0.843. The molecule has 0 aliphatic rings. The standard InChI is InChI=1S/C13H14Cl2N2O2/c1-7-4-5-9(8(2)6-7)17-13(19)11(15)10(14)12(18)16-3/h4-6H,1-3H3,(H,16,18)(H,17,19)/b11-10-. The van der Waals surface area contributed by atoms with Crippen LogP contribution in [0.15, 0.2) is 28.3 Å². The Morgan fingerprint density at radius 1 is 1.05 bits per heavy atom. The topological polar surface area (TPSA) is 58.2 Å². The lowest BCUT2D eigenvalue weighted by Gasteiger charge is -2.09. The first-order valence-electron chi connectivity index (χ1n) is 5.52. The Morgan fingerprint density at radius 2 is 1.63 bits per heavy atom. The largest absolute Gasteiger partial charge is 0.354 e. The van der Waals surface area contributed by atoms with Crippen LogP contribution in [0, 0.1) is 13.8 Å². The molecule has 0 heterocycles. The maximum atomic E-state index is 11.8. The first-order chi connectivity index (χ1) is 8.86. The number of carbonyl (C=O) groups is 2. The van der Waals surface area contributed by atoms with Gasteiger partial charge in [0.05, 0.1) is 0 Å². The average molecular weight is 301 g/mol. The molecular formula is C13H14Cl2N2O2. The number of amides is 2. The summed E-state index contributed by atoms with van der Waals surface area (Å²) in [6, 6.07) is 5.55. The average Bonchev–Trinajstić information content (AvgIpc) is 2.39. The lowest BCUT2D eigenvalue weighted by Crippen LogP contribution is -2.21. The molecule has 0 spiro atoms. The summed E-state index contributed by atoms with van der Waals surface area (Å²) in [4.78, 5) is 23.1. The Balaban J connectivity index is 2.94. The van der Waals surface area contributed by atoms with Crippen molar-refractivity contribution in [3.8, 4) is 0 Å². The van der Waals surface area contributed by atoms with Gasteiger partial charge in [0.1, 0.15) is 10.1 Å². The second-order valence-corrected chi connectivity index (χ2v) is 4.74. The molecule has 19 heavy (non-hydrogen) atoms. The van der Waals surface area contributed by atoms with Gasteiger partial charge in [-0.2, -0.15) is 0 Å². The zero-order chi connectivity index (χ0) is 14.6. The van der Waals surface area contributed by atoms with Crippen LogP contribution >= 0.6 is 23.2 Å². The molecule has 4 nitrogen and oxygen atoms in total. The summed E-state index contributed by atoms with van der Waals surface area (Å²) in [6.07, 6.45) is 0. The molecule has 0 fully saturated rings. The van der Waals surface area contributed by atoms with Gasteiger partial charge in [0.2, 0.25) is 0 Å². The van der Waals surface area contributed by atoms with Crippen LogP contribution in [0.3, 0.4) is 0 Å². The molecule has 0 aromatic heterocycles. The molecule has 0 saturated carbocycles. The summed E-state index contributed by atoms with van der Waals surface area (Å²) >= 11 is 11.4. The Kier molecular flexibility index (Phi) is 5.39. The third-order valence-corrected chi connectivity index (χ3v) is 3.27. The number of likely N-dealkylation sites (N-methyl/N-ethyl adjacent to an activating group) is 1. The highest BCUT2D eigenvalue weighted by molar-refractivity contribution is 6.54. The van der Waals surface area contributed by atoms with Crippen molar-refractivity contribution in [2.75, 3.05) is 12.4 Å². The second kappa shape index (κ2) is 6.59. The second-order valence-electron chi connectivity index (χ2n) is 3.98. The molecule has 0 bridgehead atoms. The third-order valence-electron chi connectivity index (χ3n) is 2.45. The van der Waals surface area contributed by atoms with Crippen LogP contribution in [0.2, 0.25) is 0 Å². The van der Waals surface area contributed by atoms with Gasteiger partial charge in [-0.05, 0) is 25.5 Å². The molecule has 102 valence electrons. The van der Waals surface area contributed by atoms with Gasteiger partial charge in [-0.1, -0.05) is 40.9 Å². The van der Waals surface area contributed by atoms with Crippen molar-refractivity contribution in [3.05, 3.63) is 39.4 Å². The van der Waals surface area contributed by atoms with Gasteiger partial charge in [-0.3, -0.25) is 9.59 Å². The van der Waals surface area contributed by atoms with Crippen LogP contribution < -0.4 is 10.6 Å². The van der Waals surface area contributed by atoms with E-state index in [1.807, 2.05) is 26.0 Å². The normalized spacial score (nSPS) is 11.6. The molecule has 0 aliphatic heterocycles. The van der Waals surface area contributed by atoms with E-state index < -0.39 is 11.8 Å². The van der Waals surface area contributed by atoms with Crippen molar-refractivity contribution >= 4 is 40.7 Å². The number of benzene rings is 1. The Labute approximate surface area is 121 Å². The van der Waals surface area contributed by atoms with Gasteiger partial charge in [0, 0.05) is 12.7 Å². The molecular weight excluding hydrogens is 287 g/mol. The van der Waals surface area contributed by atoms with Gasteiger partial charge in [-0.25, -0.2) is 0 Å². The SMILES string of the molecule is CNC(=O)/C(Cl)=C(/Cl)C(=O)Nc1ccc(C)cc1C. The van der Waals surface area contributed by atoms with Crippen LogP contribution in [0.5, 0.6) is 0 Å². The molecule has 0 atom stereocenters. The van der Waals surface area contributed by atoms with Crippen LogP contribution in [-0.2, 0) is 9.59 Å². The lowest BCUT2D eigenvalue weighted by atomic mass is 10.1. The first-order valence-corrected chi connectivity index (χ1v) is 6.28. The van der Waals surface area contributed by atoms with E-state index in [1.54, 1.807) is 6.07 Å². The minimum absolute atomic E-state index is 0.341. The number of rotatable bonds is 3.